The van der Waals surface area contributed by atoms with Crippen LogP contribution in [0.25, 0.3) is 17.0 Å². The predicted molar refractivity (Wildman–Crippen MR) is 122 cm³/mol. The summed E-state index contributed by atoms with van der Waals surface area (Å²) in [5.74, 6) is 2.87. The third kappa shape index (κ3) is 3.82. The molecule has 1 aliphatic rings. The van der Waals surface area contributed by atoms with E-state index in [-0.39, 0.29) is 6.61 Å². The van der Waals surface area contributed by atoms with Crippen LogP contribution in [-0.2, 0) is 13.0 Å². The molecule has 4 aromatic rings. The maximum atomic E-state index is 9.21. The van der Waals surface area contributed by atoms with Gasteiger partial charge in [0.15, 0.2) is 0 Å². The summed E-state index contributed by atoms with van der Waals surface area (Å²) < 4.78 is 1.86. The second-order valence-electron chi connectivity index (χ2n) is 8.55. The number of aliphatic hydroxyl groups excluding tert-OH is 1. The van der Waals surface area contributed by atoms with Gasteiger partial charge in [0.25, 0.3) is 5.78 Å². The lowest BCUT2D eigenvalue weighted by Crippen LogP contribution is -2.22. The highest BCUT2D eigenvalue weighted by Crippen LogP contribution is 2.27. The first-order valence-corrected chi connectivity index (χ1v) is 11.0. The van der Waals surface area contributed by atoms with Crippen LogP contribution in [0.2, 0.25) is 0 Å². The molecule has 0 saturated carbocycles. The number of fused-ring (bicyclic) bond motifs is 1. The van der Waals surface area contributed by atoms with Gasteiger partial charge in [-0.1, -0.05) is 24.3 Å². The molecular formula is C24H27N7O. The molecule has 1 N–H and O–H groups in total. The number of hydrogen-bond acceptors (Lipinski definition) is 7. The molecule has 1 saturated heterocycles. The highest BCUT2D eigenvalue weighted by Gasteiger charge is 2.26. The monoisotopic (exact) mass is 429 g/mol. The van der Waals surface area contributed by atoms with Crippen LogP contribution < -0.4 is 4.90 Å². The molecule has 8 nitrogen and oxygen atoms in total. The van der Waals surface area contributed by atoms with E-state index < -0.39 is 0 Å². The molecule has 1 atom stereocenters. The Morgan fingerprint density at radius 3 is 2.56 bits per heavy atom. The van der Waals surface area contributed by atoms with Crippen molar-refractivity contribution in [1.82, 2.24) is 29.5 Å². The second-order valence-corrected chi connectivity index (χ2v) is 8.55. The normalized spacial score (nSPS) is 16.2. The van der Waals surface area contributed by atoms with Crippen molar-refractivity contribution in [3.8, 4) is 11.3 Å². The minimum Gasteiger partial charge on any atom is -0.392 e. The quantitative estimate of drug-likeness (QED) is 0.521. The average molecular weight is 430 g/mol. The number of benzene rings is 1. The van der Waals surface area contributed by atoms with Gasteiger partial charge in [-0.3, -0.25) is 4.98 Å². The Morgan fingerprint density at radius 1 is 1.03 bits per heavy atom. The highest BCUT2D eigenvalue weighted by atomic mass is 16.3. The Balaban J connectivity index is 1.29. The zero-order valence-corrected chi connectivity index (χ0v) is 18.7. The third-order valence-corrected chi connectivity index (χ3v) is 6.33. The summed E-state index contributed by atoms with van der Waals surface area (Å²) in [6.07, 6.45) is 5.77. The summed E-state index contributed by atoms with van der Waals surface area (Å²) in [4.78, 5) is 20.7. The summed E-state index contributed by atoms with van der Waals surface area (Å²) in [5.41, 5.74) is 6.16. The zero-order valence-electron chi connectivity index (χ0n) is 18.7. The number of anilines is 1. The standard InChI is InChI=1S/C24H27N7O/c1-15-21(16(2)31-24(27-15)28-17(3)29-31)10-19-8-9-30(13-19)23-12-25-22(11-26-23)20-6-4-18(14-32)5-7-20/h4-7,11-12,19,32H,8-10,13-14H2,1-3H3/t19-/m0/s1. The van der Waals surface area contributed by atoms with Crippen molar-refractivity contribution < 1.29 is 5.11 Å². The molecule has 164 valence electrons. The lowest BCUT2D eigenvalue weighted by Gasteiger charge is -2.18. The Morgan fingerprint density at radius 2 is 1.84 bits per heavy atom. The van der Waals surface area contributed by atoms with Gasteiger partial charge in [0, 0.05) is 30.0 Å². The molecule has 3 aromatic heterocycles. The van der Waals surface area contributed by atoms with E-state index >= 15 is 0 Å². The third-order valence-electron chi connectivity index (χ3n) is 6.33. The fourth-order valence-corrected chi connectivity index (χ4v) is 4.51. The average Bonchev–Trinajstić information content (AvgIpc) is 3.43. The van der Waals surface area contributed by atoms with Crippen LogP contribution >= 0.6 is 0 Å². The van der Waals surface area contributed by atoms with Crippen LogP contribution in [0.4, 0.5) is 5.82 Å². The molecule has 32 heavy (non-hydrogen) atoms. The molecule has 5 rings (SSSR count). The molecule has 0 radical (unpaired) electrons. The SMILES string of the molecule is Cc1nc2nc(C)c(C[C@@H]3CCN(c4cnc(-c5ccc(CO)cc5)cn4)C3)c(C)n2n1. The number of nitrogens with zero attached hydrogens (tertiary/aromatic N) is 7. The molecule has 0 spiro atoms. The van der Waals surface area contributed by atoms with Crippen molar-refractivity contribution in [2.24, 2.45) is 5.92 Å². The maximum absolute atomic E-state index is 9.21. The number of aliphatic hydroxyl groups is 1. The number of hydrogen-bond donors (Lipinski definition) is 1. The van der Waals surface area contributed by atoms with E-state index in [1.54, 1.807) is 0 Å². The van der Waals surface area contributed by atoms with Crippen molar-refractivity contribution in [2.75, 3.05) is 18.0 Å². The fourth-order valence-electron chi connectivity index (χ4n) is 4.51. The molecule has 8 heteroatoms. The number of rotatable bonds is 5. The van der Waals surface area contributed by atoms with Gasteiger partial charge in [-0.2, -0.15) is 10.1 Å². The minimum absolute atomic E-state index is 0.0441. The van der Waals surface area contributed by atoms with Crippen molar-refractivity contribution in [2.45, 2.75) is 40.2 Å². The molecule has 1 aromatic carbocycles. The van der Waals surface area contributed by atoms with Gasteiger partial charge in [-0.15, -0.1) is 0 Å². The topological polar surface area (TPSA) is 92.3 Å². The smallest absolute Gasteiger partial charge is 0.252 e. The van der Waals surface area contributed by atoms with Crippen molar-refractivity contribution in [1.29, 1.82) is 0 Å². The van der Waals surface area contributed by atoms with Crippen LogP contribution in [0.1, 0.15) is 34.8 Å². The van der Waals surface area contributed by atoms with Crippen LogP contribution in [0.15, 0.2) is 36.7 Å². The first-order valence-electron chi connectivity index (χ1n) is 11.0. The summed E-state index contributed by atoms with van der Waals surface area (Å²) in [6, 6.07) is 7.75. The maximum Gasteiger partial charge on any atom is 0.252 e. The summed E-state index contributed by atoms with van der Waals surface area (Å²) in [5, 5.41) is 13.7. The van der Waals surface area contributed by atoms with Gasteiger partial charge in [-0.25, -0.2) is 14.5 Å². The molecule has 4 heterocycles. The van der Waals surface area contributed by atoms with Gasteiger partial charge in [0.05, 0.1) is 24.7 Å². The van der Waals surface area contributed by atoms with Crippen molar-refractivity contribution >= 4 is 11.6 Å². The van der Waals surface area contributed by atoms with Gasteiger partial charge in [0.2, 0.25) is 0 Å². The molecule has 1 fully saturated rings. The van der Waals surface area contributed by atoms with E-state index in [0.29, 0.717) is 11.7 Å². The lowest BCUT2D eigenvalue weighted by molar-refractivity contribution is 0.282. The predicted octanol–water partition coefficient (Wildman–Crippen LogP) is 3.07. The minimum atomic E-state index is 0.0441. The first-order chi connectivity index (χ1) is 15.5. The number of aryl methyl sites for hydroxylation is 3. The molecule has 0 bridgehead atoms. The van der Waals surface area contributed by atoms with Gasteiger partial charge >= 0.3 is 0 Å². The van der Waals surface area contributed by atoms with Gasteiger partial charge in [0.1, 0.15) is 11.6 Å². The molecule has 0 aliphatic carbocycles. The fraction of sp³-hybridized carbons (Fsp3) is 0.375. The van der Waals surface area contributed by atoms with Gasteiger partial charge in [-0.05, 0) is 50.7 Å². The molecule has 1 aliphatic heterocycles. The Hall–Kier alpha value is -3.39. The van der Waals surface area contributed by atoms with E-state index in [2.05, 4.69) is 43.8 Å². The summed E-state index contributed by atoms with van der Waals surface area (Å²) in [7, 11) is 0. The largest absolute Gasteiger partial charge is 0.392 e. The Kier molecular flexibility index (Phi) is 5.30. The molecular weight excluding hydrogens is 402 g/mol. The Bertz CT molecular complexity index is 1250. The number of aromatic nitrogens is 6. The molecule has 0 unspecified atom stereocenters. The molecule has 0 amide bonds. The summed E-state index contributed by atoms with van der Waals surface area (Å²) >= 11 is 0. The van der Waals surface area contributed by atoms with E-state index in [1.807, 2.05) is 48.1 Å². The van der Waals surface area contributed by atoms with Crippen LogP contribution in [0, 0.1) is 26.7 Å². The zero-order chi connectivity index (χ0) is 22.2. The summed E-state index contributed by atoms with van der Waals surface area (Å²) in [6.45, 7) is 8.04. The van der Waals surface area contributed by atoms with Crippen LogP contribution in [0.5, 0.6) is 0 Å². The first kappa shape index (κ1) is 20.5. The highest BCUT2D eigenvalue weighted by molar-refractivity contribution is 5.59. The van der Waals surface area contributed by atoms with Crippen molar-refractivity contribution in [3.63, 3.8) is 0 Å². The van der Waals surface area contributed by atoms with Crippen LogP contribution in [-0.4, -0.2) is 47.7 Å². The van der Waals surface area contributed by atoms with Crippen molar-refractivity contribution in [3.05, 3.63) is 65.0 Å². The van der Waals surface area contributed by atoms with E-state index in [4.69, 9.17) is 0 Å². The Labute approximate surface area is 187 Å². The lowest BCUT2D eigenvalue weighted by atomic mass is 9.96. The van der Waals surface area contributed by atoms with E-state index in [1.165, 1.54) is 5.56 Å². The van der Waals surface area contributed by atoms with Gasteiger partial charge < -0.3 is 10.0 Å². The second kappa shape index (κ2) is 8.27. The van der Waals surface area contributed by atoms with E-state index in [0.717, 1.165) is 65.8 Å². The van der Waals surface area contributed by atoms with Crippen LogP contribution in [0.3, 0.4) is 0 Å². The van der Waals surface area contributed by atoms with E-state index in [9.17, 15) is 5.11 Å².